The fourth-order valence-electron chi connectivity index (χ4n) is 1.17. The topological polar surface area (TPSA) is 119 Å². The number of carbonyl (C=O) groups is 1. The number of aliphatic carboxylic acids is 1. The third-order valence-corrected chi connectivity index (χ3v) is 2.33. The number of nitrogens with zero attached hydrogens (tertiary/aromatic N) is 1. The van der Waals surface area contributed by atoms with Gasteiger partial charge in [0.05, 0.1) is 18.1 Å². The van der Waals surface area contributed by atoms with Crippen molar-refractivity contribution in [3.05, 3.63) is 28.3 Å². The second kappa shape index (κ2) is 5.53. The van der Waals surface area contributed by atoms with Crippen LogP contribution in [0.3, 0.4) is 0 Å². The molecule has 0 aliphatic carbocycles. The molecule has 19 heavy (non-hydrogen) atoms. The van der Waals surface area contributed by atoms with E-state index >= 15 is 0 Å². The molecule has 0 saturated carbocycles. The fourth-order valence-corrected chi connectivity index (χ4v) is 1.17. The average Bonchev–Trinajstić information content (AvgIpc) is 2.35. The summed E-state index contributed by atoms with van der Waals surface area (Å²) in [6.07, 6.45) is 0. The lowest BCUT2D eigenvalue weighted by Crippen LogP contribution is -2.41. The van der Waals surface area contributed by atoms with E-state index in [9.17, 15) is 20.0 Å². The summed E-state index contributed by atoms with van der Waals surface area (Å²) in [6, 6.07) is 3.60. The highest BCUT2D eigenvalue weighted by molar-refractivity contribution is 5.76. The lowest BCUT2D eigenvalue weighted by Gasteiger charge is -2.19. The maximum atomic E-state index is 10.7. The predicted octanol–water partition coefficient (Wildman–Crippen LogP) is 0.818. The van der Waals surface area contributed by atoms with Crippen LogP contribution in [0, 0.1) is 10.1 Å². The Morgan fingerprint density at radius 1 is 1.47 bits per heavy atom. The monoisotopic (exact) mass is 271 g/mol. The van der Waals surface area contributed by atoms with Crippen LogP contribution in [0.1, 0.15) is 6.92 Å². The van der Waals surface area contributed by atoms with Crippen molar-refractivity contribution >= 4 is 11.7 Å². The summed E-state index contributed by atoms with van der Waals surface area (Å²) in [6.45, 7) is 0.559. The second-order valence-corrected chi connectivity index (χ2v) is 3.96. The molecule has 0 amide bonds. The zero-order valence-corrected chi connectivity index (χ0v) is 10.3. The van der Waals surface area contributed by atoms with E-state index in [1.54, 1.807) is 0 Å². The summed E-state index contributed by atoms with van der Waals surface area (Å²) in [7, 11) is 1.29. The van der Waals surface area contributed by atoms with E-state index in [0.717, 1.165) is 13.0 Å². The highest BCUT2D eigenvalue weighted by atomic mass is 16.6. The molecule has 0 fully saturated rings. The number of nitro benzene ring substituents is 1. The van der Waals surface area contributed by atoms with Crippen molar-refractivity contribution in [1.29, 1.82) is 0 Å². The van der Waals surface area contributed by atoms with Crippen molar-refractivity contribution in [2.75, 3.05) is 13.7 Å². The van der Waals surface area contributed by atoms with Gasteiger partial charge in [-0.3, -0.25) is 10.1 Å². The van der Waals surface area contributed by atoms with Gasteiger partial charge in [0, 0.05) is 6.07 Å². The van der Waals surface area contributed by atoms with E-state index in [4.69, 9.17) is 14.6 Å². The lowest BCUT2D eigenvalue weighted by atomic mass is 10.1. The van der Waals surface area contributed by atoms with Crippen LogP contribution in [0.25, 0.3) is 0 Å². The van der Waals surface area contributed by atoms with Gasteiger partial charge in [-0.15, -0.1) is 0 Å². The van der Waals surface area contributed by atoms with Crippen molar-refractivity contribution in [2.45, 2.75) is 12.5 Å². The van der Waals surface area contributed by atoms with Gasteiger partial charge >= 0.3 is 5.97 Å². The number of benzene rings is 1. The zero-order valence-electron chi connectivity index (χ0n) is 10.3. The highest BCUT2D eigenvalue weighted by Gasteiger charge is 2.31. The highest BCUT2D eigenvalue weighted by Crippen LogP contribution is 2.31. The Bertz CT molecular complexity index is 498. The first kappa shape index (κ1) is 14.7. The molecule has 0 spiro atoms. The zero-order chi connectivity index (χ0) is 14.6. The Labute approximate surface area is 108 Å². The SMILES string of the molecule is COc1cc([N+](=O)[O-])ccc1OCC(C)(O)C(=O)O. The van der Waals surface area contributed by atoms with Gasteiger partial charge in [0.1, 0.15) is 6.61 Å². The minimum atomic E-state index is -2.06. The second-order valence-electron chi connectivity index (χ2n) is 3.96. The summed E-state index contributed by atoms with van der Waals surface area (Å²) in [5.74, 6) is -1.25. The van der Waals surface area contributed by atoms with Crippen molar-refractivity contribution in [3.8, 4) is 11.5 Å². The van der Waals surface area contributed by atoms with Gasteiger partial charge < -0.3 is 19.7 Å². The van der Waals surface area contributed by atoms with E-state index in [2.05, 4.69) is 0 Å². The number of hydrogen-bond donors (Lipinski definition) is 2. The minimum absolute atomic E-state index is 0.0791. The standard InChI is InChI=1S/C11H13NO7/c1-11(15,10(13)14)6-19-8-4-3-7(12(16)17)5-9(8)18-2/h3-5,15H,6H2,1-2H3,(H,13,14). The minimum Gasteiger partial charge on any atom is -0.493 e. The Balaban J connectivity index is 2.90. The molecular weight excluding hydrogens is 258 g/mol. The van der Waals surface area contributed by atoms with E-state index in [0.29, 0.717) is 0 Å². The average molecular weight is 271 g/mol. The first-order valence-electron chi connectivity index (χ1n) is 5.19. The number of rotatable bonds is 6. The summed E-state index contributed by atoms with van der Waals surface area (Å²) in [4.78, 5) is 20.7. The molecule has 8 nitrogen and oxygen atoms in total. The summed E-state index contributed by atoms with van der Waals surface area (Å²) < 4.78 is 10.0. The van der Waals surface area contributed by atoms with Crippen LogP contribution in [0.5, 0.6) is 11.5 Å². The molecular formula is C11H13NO7. The number of nitro groups is 1. The number of carboxylic acids is 1. The van der Waals surface area contributed by atoms with Gasteiger partial charge in [0.2, 0.25) is 0 Å². The van der Waals surface area contributed by atoms with Crippen LogP contribution in [-0.4, -0.2) is 40.4 Å². The maximum absolute atomic E-state index is 10.7. The predicted molar refractivity (Wildman–Crippen MR) is 63.4 cm³/mol. The molecule has 0 aliphatic rings. The Morgan fingerprint density at radius 3 is 2.58 bits per heavy atom. The normalized spacial score (nSPS) is 13.4. The Hall–Kier alpha value is -2.35. The maximum Gasteiger partial charge on any atom is 0.339 e. The molecule has 1 unspecified atom stereocenters. The molecule has 0 aromatic heterocycles. The Kier molecular flexibility index (Phi) is 4.28. The molecule has 1 rings (SSSR count). The smallest absolute Gasteiger partial charge is 0.339 e. The lowest BCUT2D eigenvalue weighted by molar-refractivity contribution is -0.385. The molecule has 0 saturated heterocycles. The van der Waals surface area contributed by atoms with Crippen molar-refractivity contribution in [1.82, 2.24) is 0 Å². The number of methoxy groups -OCH3 is 1. The molecule has 1 aromatic rings. The van der Waals surface area contributed by atoms with Crippen LogP contribution in [0.4, 0.5) is 5.69 Å². The fraction of sp³-hybridized carbons (Fsp3) is 0.364. The van der Waals surface area contributed by atoms with Crippen LogP contribution in [-0.2, 0) is 4.79 Å². The van der Waals surface area contributed by atoms with Gasteiger partial charge in [-0.1, -0.05) is 0 Å². The van der Waals surface area contributed by atoms with Gasteiger partial charge in [0.25, 0.3) is 5.69 Å². The quantitative estimate of drug-likeness (QED) is 0.580. The number of hydrogen-bond acceptors (Lipinski definition) is 6. The number of aliphatic hydroxyl groups is 1. The third kappa shape index (κ3) is 3.55. The van der Waals surface area contributed by atoms with Gasteiger partial charge in [-0.2, -0.15) is 0 Å². The number of carboxylic acid groups (broad SMARTS) is 1. The summed E-state index contributed by atoms with van der Waals surface area (Å²) in [5, 5.41) is 28.8. The van der Waals surface area contributed by atoms with Gasteiger partial charge in [-0.25, -0.2) is 4.79 Å². The van der Waals surface area contributed by atoms with E-state index in [1.165, 1.54) is 19.2 Å². The van der Waals surface area contributed by atoms with E-state index in [1.807, 2.05) is 0 Å². The molecule has 1 atom stereocenters. The molecule has 1 aromatic carbocycles. The van der Waals surface area contributed by atoms with E-state index in [-0.39, 0.29) is 17.2 Å². The number of non-ortho nitro benzene ring substituents is 1. The summed E-state index contributed by atoms with van der Waals surface area (Å²) >= 11 is 0. The first-order chi connectivity index (χ1) is 8.77. The van der Waals surface area contributed by atoms with Gasteiger partial charge in [-0.05, 0) is 13.0 Å². The molecule has 0 radical (unpaired) electrons. The summed E-state index contributed by atoms with van der Waals surface area (Å²) in [5.41, 5.74) is -2.25. The van der Waals surface area contributed by atoms with Crippen LogP contribution in [0.15, 0.2) is 18.2 Å². The van der Waals surface area contributed by atoms with Crippen LogP contribution in [0.2, 0.25) is 0 Å². The molecule has 0 aliphatic heterocycles. The van der Waals surface area contributed by atoms with Crippen LogP contribution < -0.4 is 9.47 Å². The molecule has 0 bridgehead atoms. The molecule has 2 N–H and O–H groups in total. The van der Waals surface area contributed by atoms with Crippen molar-refractivity contribution in [2.24, 2.45) is 0 Å². The number of ether oxygens (including phenoxy) is 2. The first-order valence-corrected chi connectivity index (χ1v) is 5.19. The molecule has 8 heteroatoms. The largest absolute Gasteiger partial charge is 0.493 e. The van der Waals surface area contributed by atoms with Gasteiger partial charge in [0.15, 0.2) is 17.1 Å². The molecule has 104 valence electrons. The van der Waals surface area contributed by atoms with Crippen LogP contribution >= 0.6 is 0 Å². The van der Waals surface area contributed by atoms with E-state index < -0.39 is 23.1 Å². The molecule has 0 heterocycles. The third-order valence-electron chi connectivity index (χ3n) is 2.33. The van der Waals surface area contributed by atoms with Crippen molar-refractivity contribution in [3.63, 3.8) is 0 Å². The van der Waals surface area contributed by atoms with Crippen molar-refractivity contribution < 1.29 is 29.4 Å². The Morgan fingerprint density at radius 2 is 2.11 bits per heavy atom.